The van der Waals surface area contributed by atoms with Crippen LogP contribution in [0.4, 0.5) is 5.82 Å². The van der Waals surface area contributed by atoms with E-state index in [-0.39, 0.29) is 23.8 Å². The second-order valence-corrected chi connectivity index (χ2v) is 9.46. The highest BCUT2D eigenvalue weighted by atomic mass is 32.1. The summed E-state index contributed by atoms with van der Waals surface area (Å²) in [6, 6.07) is 2.04. The van der Waals surface area contributed by atoms with Gasteiger partial charge in [0.05, 0.1) is 30.3 Å². The minimum Gasteiger partial charge on any atom is -0.381 e. The van der Waals surface area contributed by atoms with Gasteiger partial charge >= 0.3 is 0 Å². The second-order valence-electron chi connectivity index (χ2n) is 8.49. The lowest BCUT2D eigenvalue weighted by Crippen LogP contribution is -2.39. The van der Waals surface area contributed by atoms with Crippen molar-refractivity contribution in [1.29, 1.82) is 0 Å². The van der Waals surface area contributed by atoms with E-state index in [9.17, 15) is 9.59 Å². The monoisotopic (exact) mass is 428 g/mol. The lowest BCUT2D eigenvalue weighted by Gasteiger charge is -2.33. The van der Waals surface area contributed by atoms with Gasteiger partial charge in [0.2, 0.25) is 5.91 Å². The minimum atomic E-state index is -0.0793. The molecule has 0 radical (unpaired) electrons. The first-order chi connectivity index (χ1) is 14.7. The maximum absolute atomic E-state index is 13.1. The van der Waals surface area contributed by atoms with E-state index in [1.54, 1.807) is 17.5 Å². The summed E-state index contributed by atoms with van der Waals surface area (Å²) >= 11 is 1.75. The number of rotatable bonds is 4. The fourth-order valence-electron chi connectivity index (χ4n) is 4.83. The molecule has 1 unspecified atom stereocenters. The molecule has 0 spiro atoms. The average Bonchev–Trinajstić information content (AvgIpc) is 3.53. The van der Waals surface area contributed by atoms with Gasteiger partial charge in [-0.1, -0.05) is 0 Å². The largest absolute Gasteiger partial charge is 0.381 e. The van der Waals surface area contributed by atoms with Crippen LogP contribution >= 0.6 is 11.3 Å². The predicted molar refractivity (Wildman–Crippen MR) is 115 cm³/mol. The first-order valence-electron chi connectivity index (χ1n) is 11.0. The molecule has 2 aliphatic heterocycles. The SMILES string of the molecule is O=C(Nc1ccnn1C1CCN(C(=O)c2csc3c2CCCC3)CC1)C1CCOC1. The number of nitrogens with zero attached hydrogens (tertiary/aromatic N) is 3. The summed E-state index contributed by atoms with van der Waals surface area (Å²) in [6.45, 7) is 2.58. The van der Waals surface area contributed by atoms with Crippen LogP contribution in [0, 0.1) is 5.92 Å². The van der Waals surface area contributed by atoms with Crippen LogP contribution in [0.1, 0.15) is 58.9 Å². The maximum Gasteiger partial charge on any atom is 0.254 e. The zero-order chi connectivity index (χ0) is 20.5. The van der Waals surface area contributed by atoms with Crippen LogP contribution < -0.4 is 5.32 Å². The number of likely N-dealkylation sites (tertiary alicyclic amines) is 1. The molecule has 8 heteroatoms. The van der Waals surface area contributed by atoms with Gasteiger partial charge in [-0.25, -0.2) is 4.68 Å². The van der Waals surface area contributed by atoms with E-state index < -0.39 is 0 Å². The van der Waals surface area contributed by atoms with Gasteiger partial charge in [0.1, 0.15) is 5.82 Å². The van der Waals surface area contributed by atoms with E-state index in [1.165, 1.54) is 23.3 Å². The molecule has 0 bridgehead atoms. The standard InChI is InChI=1S/C22H28N4O3S/c27-21(15-8-12-29-13-15)24-20-5-9-23-26(20)16-6-10-25(11-7-16)22(28)18-14-30-19-4-2-1-3-17(18)19/h5,9,14-16H,1-4,6-8,10-13H2,(H,24,27). The van der Waals surface area contributed by atoms with Crippen LogP contribution in [0.2, 0.25) is 0 Å². The number of ether oxygens (including phenoxy) is 1. The lowest BCUT2D eigenvalue weighted by atomic mass is 9.95. The number of hydrogen-bond donors (Lipinski definition) is 1. The molecule has 2 aromatic rings. The molecule has 7 nitrogen and oxygen atoms in total. The Hall–Kier alpha value is -2.19. The molecule has 2 saturated heterocycles. The average molecular weight is 429 g/mol. The molecule has 2 aromatic heterocycles. The summed E-state index contributed by atoms with van der Waals surface area (Å²) in [5, 5.41) is 9.56. The van der Waals surface area contributed by atoms with Crippen molar-refractivity contribution in [3.8, 4) is 0 Å². The van der Waals surface area contributed by atoms with Gasteiger partial charge in [-0.15, -0.1) is 11.3 Å². The van der Waals surface area contributed by atoms with E-state index in [0.717, 1.165) is 56.6 Å². The number of hydrogen-bond acceptors (Lipinski definition) is 5. The Bertz CT molecular complexity index is 923. The molecule has 0 saturated carbocycles. The number of anilines is 1. The molecule has 1 aliphatic carbocycles. The number of fused-ring (bicyclic) bond motifs is 1. The van der Waals surface area contributed by atoms with Crippen LogP contribution in [0.15, 0.2) is 17.6 Å². The smallest absolute Gasteiger partial charge is 0.254 e. The van der Waals surface area contributed by atoms with E-state index in [0.29, 0.717) is 13.2 Å². The van der Waals surface area contributed by atoms with Gasteiger partial charge in [0.15, 0.2) is 0 Å². The van der Waals surface area contributed by atoms with Gasteiger partial charge in [-0.2, -0.15) is 5.10 Å². The minimum absolute atomic E-state index is 0.00379. The summed E-state index contributed by atoms with van der Waals surface area (Å²) in [6.07, 6.45) is 8.78. The Morgan fingerprint density at radius 2 is 2.00 bits per heavy atom. The first-order valence-corrected chi connectivity index (χ1v) is 11.9. The molecule has 2 fully saturated rings. The third-order valence-electron chi connectivity index (χ3n) is 6.61. The number of carbonyl (C=O) groups excluding carboxylic acids is 2. The van der Waals surface area contributed by atoms with Gasteiger partial charge < -0.3 is 15.0 Å². The number of aromatic nitrogens is 2. The highest BCUT2D eigenvalue weighted by Crippen LogP contribution is 2.32. The fraction of sp³-hybridized carbons (Fsp3) is 0.591. The van der Waals surface area contributed by atoms with Crippen molar-refractivity contribution < 1.29 is 14.3 Å². The Morgan fingerprint density at radius 3 is 2.80 bits per heavy atom. The van der Waals surface area contributed by atoms with Crippen molar-refractivity contribution in [2.45, 2.75) is 51.0 Å². The molecule has 5 rings (SSSR count). The molecular formula is C22H28N4O3S. The van der Waals surface area contributed by atoms with E-state index >= 15 is 0 Å². The Kier molecular flexibility index (Phi) is 5.60. The predicted octanol–water partition coefficient (Wildman–Crippen LogP) is 3.28. The second kappa shape index (κ2) is 8.51. The summed E-state index contributed by atoms with van der Waals surface area (Å²) in [7, 11) is 0. The van der Waals surface area contributed by atoms with E-state index in [4.69, 9.17) is 4.74 Å². The topological polar surface area (TPSA) is 76.5 Å². The summed E-state index contributed by atoms with van der Waals surface area (Å²) in [5.41, 5.74) is 2.23. The van der Waals surface area contributed by atoms with Gasteiger partial charge in [0, 0.05) is 36.0 Å². The van der Waals surface area contributed by atoms with E-state index in [1.807, 2.05) is 15.6 Å². The van der Waals surface area contributed by atoms with Crippen molar-refractivity contribution in [3.05, 3.63) is 33.6 Å². The third kappa shape index (κ3) is 3.78. The van der Waals surface area contributed by atoms with Crippen LogP contribution in [0.3, 0.4) is 0 Å². The van der Waals surface area contributed by atoms with Crippen LogP contribution in [0.25, 0.3) is 0 Å². The Morgan fingerprint density at radius 1 is 1.17 bits per heavy atom. The van der Waals surface area contributed by atoms with Gasteiger partial charge in [-0.05, 0) is 50.5 Å². The summed E-state index contributed by atoms with van der Waals surface area (Å²) < 4.78 is 7.24. The fourth-order valence-corrected chi connectivity index (χ4v) is 5.95. The molecule has 4 heterocycles. The molecular weight excluding hydrogens is 400 g/mol. The molecule has 0 aromatic carbocycles. The van der Waals surface area contributed by atoms with Crippen molar-refractivity contribution in [3.63, 3.8) is 0 Å². The van der Waals surface area contributed by atoms with Gasteiger partial charge in [0.25, 0.3) is 5.91 Å². The number of thiophene rings is 1. The summed E-state index contributed by atoms with van der Waals surface area (Å²) in [4.78, 5) is 29.0. The molecule has 3 aliphatic rings. The molecule has 160 valence electrons. The summed E-state index contributed by atoms with van der Waals surface area (Å²) in [5.74, 6) is 0.847. The molecule has 2 amide bonds. The zero-order valence-corrected chi connectivity index (χ0v) is 18.0. The van der Waals surface area contributed by atoms with Crippen LogP contribution in [0.5, 0.6) is 0 Å². The quantitative estimate of drug-likeness (QED) is 0.811. The Labute approximate surface area is 180 Å². The normalized spacial score (nSPS) is 22.1. The van der Waals surface area contributed by atoms with Crippen molar-refractivity contribution >= 4 is 29.0 Å². The first kappa shape index (κ1) is 19.8. The number of carbonyl (C=O) groups is 2. The third-order valence-corrected chi connectivity index (χ3v) is 7.70. The highest BCUT2D eigenvalue weighted by molar-refractivity contribution is 7.10. The number of aryl methyl sites for hydroxylation is 1. The molecule has 1 atom stereocenters. The van der Waals surface area contributed by atoms with E-state index in [2.05, 4.69) is 15.8 Å². The number of amides is 2. The number of piperidine rings is 1. The van der Waals surface area contributed by atoms with Gasteiger partial charge in [-0.3, -0.25) is 9.59 Å². The zero-order valence-electron chi connectivity index (χ0n) is 17.1. The van der Waals surface area contributed by atoms with Crippen LogP contribution in [-0.4, -0.2) is 52.8 Å². The number of nitrogens with one attached hydrogen (secondary N) is 1. The van der Waals surface area contributed by atoms with Crippen molar-refractivity contribution in [1.82, 2.24) is 14.7 Å². The van der Waals surface area contributed by atoms with Crippen LogP contribution in [-0.2, 0) is 22.4 Å². The highest BCUT2D eigenvalue weighted by Gasteiger charge is 2.30. The lowest BCUT2D eigenvalue weighted by molar-refractivity contribution is -0.119. The van der Waals surface area contributed by atoms with Crippen molar-refractivity contribution in [2.75, 3.05) is 31.6 Å². The maximum atomic E-state index is 13.1. The molecule has 1 N–H and O–H groups in total. The Balaban J connectivity index is 1.21. The van der Waals surface area contributed by atoms with Crippen molar-refractivity contribution in [2.24, 2.45) is 5.92 Å². The molecule has 30 heavy (non-hydrogen) atoms.